The van der Waals surface area contributed by atoms with E-state index in [2.05, 4.69) is 10.6 Å². The zero-order chi connectivity index (χ0) is 17.2. The molecule has 2 rings (SSSR count). The van der Waals surface area contributed by atoms with Gasteiger partial charge in [-0.15, -0.1) is 0 Å². The molecule has 7 nitrogen and oxygen atoms in total. The minimum atomic E-state index is -0.763. The fourth-order valence-corrected chi connectivity index (χ4v) is 2.47. The number of hydrogen-bond donors (Lipinski definition) is 3. The highest BCUT2D eigenvalue weighted by atomic mass is 16.6. The number of aliphatic carboxylic acids is 1. The van der Waals surface area contributed by atoms with Crippen molar-refractivity contribution in [1.82, 2.24) is 10.6 Å². The van der Waals surface area contributed by atoms with Crippen LogP contribution in [0.1, 0.15) is 31.2 Å². The summed E-state index contributed by atoms with van der Waals surface area (Å²) in [5, 5.41) is 14.6. The topological polar surface area (TPSA) is 96.9 Å². The van der Waals surface area contributed by atoms with Gasteiger partial charge in [0.25, 0.3) is 0 Å². The van der Waals surface area contributed by atoms with Gasteiger partial charge >= 0.3 is 12.1 Å². The fourth-order valence-electron chi connectivity index (χ4n) is 2.47. The normalized spacial score (nSPS) is 20.3. The lowest BCUT2D eigenvalue weighted by molar-refractivity contribution is -0.137. The standard InChI is InChI=1S/C17H24N2O5/c20-16(21)9-5-4-8-14-12-23-15(10-18-14)19-17(22)24-11-13-6-2-1-3-7-13/h1-3,6-7,14-15,18H,4-5,8-12H2,(H,19,22)(H,20,21)/t14?,15-/m0/s1. The van der Waals surface area contributed by atoms with Crippen LogP contribution in [-0.4, -0.2) is 42.6 Å². The molecule has 7 heteroatoms. The van der Waals surface area contributed by atoms with Gasteiger partial charge in [0, 0.05) is 19.0 Å². The summed E-state index contributed by atoms with van der Waals surface area (Å²) in [6, 6.07) is 9.66. The van der Waals surface area contributed by atoms with Crippen LogP contribution in [-0.2, 0) is 20.9 Å². The van der Waals surface area contributed by atoms with Crippen molar-refractivity contribution in [2.24, 2.45) is 0 Å². The molecule has 2 atom stereocenters. The van der Waals surface area contributed by atoms with Gasteiger partial charge in [-0.05, 0) is 18.4 Å². The predicted octanol–water partition coefficient (Wildman–Crippen LogP) is 1.87. The Morgan fingerprint density at radius 2 is 2.08 bits per heavy atom. The van der Waals surface area contributed by atoms with E-state index in [0.717, 1.165) is 18.4 Å². The summed E-state index contributed by atoms with van der Waals surface area (Å²) in [5.41, 5.74) is 0.928. The number of morpholine rings is 1. The van der Waals surface area contributed by atoms with E-state index in [-0.39, 0.29) is 19.1 Å². The van der Waals surface area contributed by atoms with Crippen molar-refractivity contribution in [1.29, 1.82) is 0 Å². The Balaban J connectivity index is 1.57. The van der Waals surface area contributed by atoms with Gasteiger partial charge in [-0.1, -0.05) is 36.8 Å². The molecule has 0 radical (unpaired) electrons. The van der Waals surface area contributed by atoms with E-state index in [1.54, 1.807) is 0 Å². The molecule has 1 unspecified atom stereocenters. The number of ether oxygens (including phenoxy) is 2. The maximum Gasteiger partial charge on any atom is 0.409 e. The number of carbonyl (C=O) groups excluding carboxylic acids is 1. The molecule has 1 aromatic carbocycles. The third-order valence-corrected chi connectivity index (χ3v) is 3.78. The SMILES string of the molecule is O=C(O)CCCCC1CO[C@H](NC(=O)OCc2ccccc2)CN1. The van der Waals surface area contributed by atoms with Crippen molar-refractivity contribution in [2.45, 2.75) is 44.6 Å². The molecule has 0 aromatic heterocycles. The second kappa shape index (κ2) is 9.89. The number of alkyl carbamates (subject to hydrolysis) is 1. The highest BCUT2D eigenvalue weighted by Crippen LogP contribution is 2.09. The van der Waals surface area contributed by atoms with Crippen LogP contribution in [0, 0.1) is 0 Å². The number of carbonyl (C=O) groups is 2. The van der Waals surface area contributed by atoms with Gasteiger partial charge in [0.05, 0.1) is 6.61 Å². The van der Waals surface area contributed by atoms with Crippen molar-refractivity contribution in [2.75, 3.05) is 13.2 Å². The first-order valence-electron chi connectivity index (χ1n) is 8.17. The average molecular weight is 336 g/mol. The Hall–Kier alpha value is -2.12. The quantitative estimate of drug-likeness (QED) is 0.627. The molecule has 132 valence electrons. The van der Waals surface area contributed by atoms with Crippen molar-refractivity contribution in [3.63, 3.8) is 0 Å². The first-order chi connectivity index (χ1) is 11.6. The van der Waals surface area contributed by atoms with E-state index in [0.29, 0.717) is 19.6 Å². The number of unbranched alkanes of at least 4 members (excludes halogenated alkanes) is 1. The van der Waals surface area contributed by atoms with Crippen LogP contribution in [0.5, 0.6) is 0 Å². The maximum absolute atomic E-state index is 11.7. The molecule has 3 N–H and O–H groups in total. The highest BCUT2D eigenvalue weighted by Gasteiger charge is 2.22. The Bertz CT molecular complexity index is 515. The monoisotopic (exact) mass is 336 g/mol. The summed E-state index contributed by atoms with van der Waals surface area (Å²) in [4.78, 5) is 22.2. The predicted molar refractivity (Wildman–Crippen MR) is 87.4 cm³/mol. The summed E-state index contributed by atoms with van der Waals surface area (Å²) in [7, 11) is 0. The van der Waals surface area contributed by atoms with E-state index < -0.39 is 18.3 Å². The second-order valence-corrected chi connectivity index (χ2v) is 5.77. The van der Waals surface area contributed by atoms with E-state index in [1.807, 2.05) is 30.3 Å². The Labute approximate surface area is 141 Å². The van der Waals surface area contributed by atoms with Crippen LogP contribution in [0.15, 0.2) is 30.3 Å². The fraction of sp³-hybridized carbons (Fsp3) is 0.529. The minimum absolute atomic E-state index is 0.192. The van der Waals surface area contributed by atoms with E-state index >= 15 is 0 Å². The lowest BCUT2D eigenvalue weighted by atomic mass is 10.1. The molecule has 1 aliphatic rings. The lowest BCUT2D eigenvalue weighted by Crippen LogP contribution is -2.53. The van der Waals surface area contributed by atoms with Crippen LogP contribution in [0.3, 0.4) is 0 Å². The molecule has 0 bridgehead atoms. The van der Waals surface area contributed by atoms with Crippen molar-refractivity contribution in [3.8, 4) is 0 Å². The number of hydrogen-bond acceptors (Lipinski definition) is 5. The molecule has 1 aromatic rings. The molecule has 1 amide bonds. The van der Waals surface area contributed by atoms with Gasteiger partial charge in [-0.3, -0.25) is 10.1 Å². The molecule has 24 heavy (non-hydrogen) atoms. The summed E-state index contributed by atoms with van der Waals surface area (Å²) in [5.74, 6) is -0.763. The van der Waals surface area contributed by atoms with Crippen molar-refractivity contribution in [3.05, 3.63) is 35.9 Å². The largest absolute Gasteiger partial charge is 0.481 e. The summed E-state index contributed by atoms with van der Waals surface area (Å²) >= 11 is 0. The van der Waals surface area contributed by atoms with Gasteiger partial charge in [0.15, 0.2) is 0 Å². The van der Waals surface area contributed by atoms with Crippen molar-refractivity contribution < 1.29 is 24.2 Å². The van der Waals surface area contributed by atoms with Crippen molar-refractivity contribution >= 4 is 12.1 Å². The van der Waals surface area contributed by atoms with E-state index in [1.165, 1.54) is 0 Å². The first-order valence-corrected chi connectivity index (χ1v) is 8.17. The van der Waals surface area contributed by atoms with Gasteiger partial charge < -0.3 is 19.9 Å². The number of carboxylic acid groups (broad SMARTS) is 1. The molecule has 1 heterocycles. The third kappa shape index (κ3) is 6.97. The third-order valence-electron chi connectivity index (χ3n) is 3.78. The van der Waals surface area contributed by atoms with Crippen LogP contribution < -0.4 is 10.6 Å². The van der Waals surface area contributed by atoms with Gasteiger partial charge in [0.1, 0.15) is 12.8 Å². The van der Waals surface area contributed by atoms with Gasteiger partial charge in [-0.25, -0.2) is 4.79 Å². The Kier molecular flexibility index (Phi) is 7.51. The second-order valence-electron chi connectivity index (χ2n) is 5.77. The average Bonchev–Trinajstić information content (AvgIpc) is 2.59. The molecular weight excluding hydrogens is 312 g/mol. The maximum atomic E-state index is 11.7. The van der Waals surface area contributed by atoms with E-state index in [4.69, 9.17) is 14.6 Å². The zero-order valence-corrected chi connectivity index (χ0v) is 13.6. The summed E-state index contributed by atoms with van der Waals surface area (Å²) in [6.07, 6.45) is 1.64. The Morgan fingerprint density at radius 1 is 1.29 bits per heavy atom. The molecule has 1 fully saturated rings. The number of rotatable bonds is 8. The smallest absolute Gasteiger partial charge is 0.409 e. The summed E-state index contributed by atoms with van der Waals surface area (Å²) < 4.78 is 10.7. The number of nitrogens with one attached hydrogen (secondary N) is 2. The Morgan fingerprint density at radius 3 is 2.75 bits per heavy atom. The zero-order valence-electron chi connectivity index (χ0n) is 13.6. The number of benzene rings is 1. The number of amides is 1. The first kappa shape index (κ1) is 18.2. The summed E-state index contributed by atoms with van der Waals surface area (Å²) in [6.45, 7) is 1.21. The van der Waals surface area contributed by atoms with Crippen LogP contribution in [0.2, 0.25) is 0 Å². The minimum Gasteiger partial charge on any atom is -0.481 e. The molecule has 1 aliphatic heterocycles. The molecule has 1 saturated heterocycles. The number of carboxylic acids is 1. The molecular formula is C17H24N2O5. The van der Waals surface area contributed by atoms with Gasteiger partial charge in [0.2, 0.25) is 0 Å². The highest BCUT2D eigenvalue weighted by molar-refractivity contribution is 5.67. The molecule has 0 aliphatic carbocycles. The molecule has 0 saturated carbocycles. The van der Waals surface area contributed by atoms with Crippen LogP contribution in [0.4, 0.5) is 4.79 Å². The van der Waals surface area contributed by atoms with Crippen LogP contribution >= 0.6 is 0 Å². The van der Waals surface area contributed by atoms with E-state index in [9.17, 15) is 9.59 Å². The lowest BCUT2D eigenvalue weighted by Gasteiger charge is -2.30. The van der Waals surface area contributed by atoms with Crippen LogP contribution in [0.25, 0.3) is 0 Å². The van der Waals surface area contributed by atoms with Gasteiger partial charge in [-0.2, -0.15) is 0 Å². The molecule has 0 spiro atoms.